The predicted molar refractivity (Wildman–Crippen MR) is 99.6 cm³/mol. The molecule has 0 unspecified atom stereocenters. The van der Waals surface area contributed by atoms with Gasteiger partial charge < -0.3 is 10.6 Å². The molecule has 11 heteroatoms. The van der Waals surface area contributed by atoms with Gasteiger partial charge in [-0.2, -0.15) is 26.3 Å². The Morgan fingerprint density at radius 1 is 0.710 bits per heavy atom. The zero-order valence-corrected chi connectivity index (χ0v) is 16.0. The lowest BCUT2D eigenvalue weighted by Crippen LogP contribution is -2.77. The summed E-state index contributed by atoms with van der Waals surface area (Å²) in [6.07, 6.45) is -12.8. The maximum Gasteiger partial charge on any atom is 0.439 e. The molecule has 0 saturated carbocycles. The van der Waals surface area contributed by atoms with Crippen LogP contribution >= 0.6 is 0 Å². The van der Waals surface area contributed by atoms with Crippen molar-refractivity contribution < 1.29 is 35.9 Å². The molecule has 0 heterocycles. The first kappa shape index (κ1) is 24.0. The van der Waals surface area contributed by atoms with E-state index < -0.39 is 36.4 Å². The minimum Gasteiger partial charge on any atom is -0.334 e. The summed E-state index contributed by atoms with van der Waals surface area (Å²) in [6, 6.07) is 14.1. The van der Waals surface area contributed by atoms with E-state index in [0.717, 1.165) is 10.6 Å². The molecule has 0 aliphatic carbocycles. The van der Waals surface area contributed by atoms with Crippen molar-refractivity contribution in [2.45, 2.75) is 37.4 Å². The number of halogens is 6. The van der Waals surface area contributed by atoms with Crippen LogP contribution in [0.2, 0.25) is 0 Å². The van der Waals surface area contributed by atoms with Gasteiger partial charge in [0.1, 0.15) is 0 Å². The summed E-state index contributed by atoms with van der Waals surface area (Å²) >= 11 is 0. The highest BCUT2D eigenvalue weighted by atomic mass is 19.4. The number of nitrogens with one attached hydrogen (secondary N) is 3. The summed E-state index contributed by atoms with van der Waals surface area (Å²) in [4.78, 5) is 23.9. The molecule has 2 aromatic carbocycles. The third-order valence-corrected chi connectivity index (χ3v) is 4.26. The predicted octanol–water partition coefficient (Wildman–Crippen LogP) is 4.06. The van der Waals surface area contributed by atoms with E-state index in [1.165, 1.54) is 12.1 Å². The minimum atomic E-state index is -6.06. The van der Waals surface area contributed by atoms with Gasteiger partial charge in [0, 0.05) is 13.0 Å². The molecule has 0 aliphatic rings. The molecule has 3 N–H and O–H groups in total. The Balaban J connectivity index is 2.16. The third kappa shape index (κ3) is 6.37. The lowest BCUT2D eigenvalue weighted by atomic mass is 10.1. The van der Waals surface area contributed by atoms with Crippen LogP contribution in [0.3, 0.4) is 0 Å². The Kier molecular flexibility index (Phi) is 7.53. The summed E-state index contributed by atoms with van der Waals surface area (Å²) in [7, 11) is 0. The number of hydrogen-bond acceptors (Lipinski definition) is 2. The topological polar surface area (TPSA) is 70.2 Å². The van der Waals surface area contributed by atoms with Crippen molar-refractivity contribution in [2.75, 3.05) is 0 Å². The van der Waals surface area contributed by atoms with Gasteiger partial charge in [-0.3, -0.25) is 10.1 Å². The summed E-state index contributed by atoms with van der Waals surface area (Å²) in [6.45, 7) is -0.319. The lowest BCUT2D eigenvalue weighted by Gasteiger charge is -2.38. The highest BCUT2D eigenvalue weighted by Gasteiger charge is 2.73. The fourth-order valence-electron chi connectivity index (χ4n) is 2.64. The van der Waals surface area contributed by atoms with E-state index in [1.807, 2.05) is 5.32 Å². The van der Waals surface area contributed by atoms with Crippen molar-refractivity contribution in [3.63, 3.8) is 0 Å². The number of aryl methyl sites for hydroxylation is 1. The van der Waals surface area contributed by atoms with Gasteiger partial charge in [0.15, 0.2) is 0 Å². The van der Waals surface area contributed by atoms with E-state index >= 15 is 0 Å². The van der Waals surface area contributed by atoms with Gasteiger partial charge in [0.05, 0.1) is 0 Å². The molecule has 0 spiro atoms. The monoisotopic (exact) mass is 447 g/mol. The van der Waals surface area contributed by atoms with Gasteiger partial charge >= 0.3 is 24.0 Å². The molecule has 3 amide bonds. The lowest BCUT2D eigenvalue weighted by molar-refractivity contribution is -0.312. The zero-order valence-electron chi connectivity index (χ0n) is 16.0. The van der Waals surface area contributed by atoms with Crippen LogP contribution in [0.1, 0.15) is 17.5 Å². The van der Waals surface area contributed by atoms with Crippen molar-refractivity contribution in [1.29, 1.82) is 0 Å². The zero-order chi connectivity index (χ0) is 23.1. The largest absolute Gasteiger partial charge is 0.439 e. The Bertz CT molecular complexity index is 796. The van der Waals surface area contributed by atoms with Gasteiger partial charge in [-0.15, -0.1) is 0 Å². The van der Waals surface area contributed by atoms with E-state index in [9.17, 15) is 35.9 Å². The first-order valence-electron chi connectivity index (χ1n) is 9.03. The first-order valence-corrected chi connectivity index (χ1v) is 9.03. The quantitative estimate of drug-likeness (QED) is 0.443. The molecule has 2 aromatic rings. The van der Waals surface area contributed by atoms with Crippen molar-refractivity contribution in [3.05, 3.63) is 71.8 Å². The van der Waals surface area contributed by atoms with Crippen LogP contribution in [0.4, 0.5) is 31.1 Å². The standard InChI is InChI=1S/C20H19F6N3O2/c21-19(22,23)18(20(24,25)26,28-16(30)12-11-14-7-3-1-4-8-14)29-17(31)27-13-15-9-5-2-6-10-15/h1-10H,11-13H2,(H,28,30)(H2,27,29,31). The van der Waals surface area contributed by atoms with E-state index in [1.54, 1.807) is 48.5 Å². The van der Waals surface area contributed by atoms with E-state index in [0.29, 0.717) is 11.1 Å². The van der Waals surface area contributed by atoms with Crippen LogP contribution in [0.25, 0.3) is 0 Å². The molecule has 0 bridgehead atoms. The van der Waals surface area contributed by atoms with Crippen molar-refractivity contribution in [2.24, 2.45) is 0 Å². The molecular weight excluding hydrogens is 428 g/mol. The molecule has 0 aliphatic heterocycles. The fourth-order valence-corrected chi connectivity index (χ4v) is 2.64. The molecule has 2 rings (SSSR count). The number of carbonyl (C=O) groups excluding carboxylic acids is 2. The summed E-state index contributed by atoms with van der Waals surface area (Å²) in [5.74, 6) is -1.53. The van der Waals surface area contributed by atoms with Crippen LogP contribution in [0.15, 0.2) is 60.7 Å². The first-order chi connectivity index (χ1) is 14.4. The molecule has 0 saturated heterocycles. The molecule has 0 aromatic heterocycles. The number of rotatable bonds is 7. The van der Waals surface area contributed by atoms with Crippen molar-refractivity contribution in [3.8, 4) is 0 Å². The normalized spacial score (nSPS) is 12.2. The Morgan fingerprint density at radius 2 is 1.19 bits per heavy atom. The number of amides is 3. The maximum atomic E-state index is 13.5. The third-order valence-electron chi connectivity index (χ3n) is 4.26. The summed E-state index contributed by atoms with van der Waals surface area (Å²) in [5, 5.41) is 3.75. The second kappa shape index (κ2) is 9.71. The highest BCUT2D eigenvalue weighted by molar-refractivity contribution is 5.80. The molecule has 0 radical (unpaired) electrons. The van der Waals surface area contributed by atoms with E-state index in [-0.39, 0.29) is 13.0 Å². The van der Waals surface area contributed by atoms with Crippen molar-refractivity contribution >= 4 is 11.9 Å². The number of benzene rings is 2. The van der Waals surface area contributed by atoms with Crippen molar-refractivity contribution in [1.82, 2.24) is 16.0 Å². The van der Waals surface area contributed by atoms with E-state index in [2.05, 4.69) is 0 Å². The van der Waals surface area contributed by atoms with Gasteiger partial charge in [0.2, 0.25) is 5.91 Å². The Labute approximate surface area is 173 Å². The fraction of sp³-hybridized carbons (Fsp3) is 0.300. The average Bonchev–Trinajstić information content (AvgIpc) is 2.70. The maximum absolute atomic E-state index is 13.5. The molecule has 0 fully saturated rings. The van der Waals surface area contributed by atoms with Crippen LogP contribution in [0, 0.1) is 0 Å². The Hall–Kier alpha value is -3.24. The second-order valence-corrected chi connectivity index (χ2v) is 6.57. The minimum absolute atomic E-state index is 0.0847. The van der Waals surface area contributed by atoms with Gasteiger partial charge in [-0.25, -0.2) is 4.79 Å². The van der Waals surface area contributed by atoms with Crippen LogP contribution in [-0.4, -0.2) is 30.0 Å². The smallest absolute Gasteiger partial charge is 0.334 e. The molecule has 0 atom stereocenters. The number of alkyl halides is 6. The average molecular weight is 447 g/mol. The summed E-state index contributed by atoms with van der Waals surface area (Å²) < 4.78 is 81.2. The van der Waals surface area contributed by atoms with Crippen LogP contribution in [0.5, 0.6) is 0 Å². The molecule has 5 nitrogen and oxygen atoms in total. The second-order valence-electron chi connectivity index (χ2n) is 6.57. The summed E-state index contributed by atoms with van der Waals surface area (Å²) in [5.41, 5.74) is -3.95. The van der Waals surface area contributed by atoms with E-state index in [4.69, 9.17) is 0 Å². The highest BCUT2D eigenvalue weighted by Crippen LogP contribution is 2.41. The number of hydrogen-bond donors (Lipinski definition) is 3. The molecular formula is C20H19F6N3O2. The number of urea groups is 1. The van der Waals surface area contributed by atoms with Gasteiger partial charge in [-0.1, -0.05) is 60.7 Å². The van der Waals surface area contributed by atoms with Crippen LogP contribution in [-0.2, 0) is 17.8 Å². The van der Waals surface area contributed by atoms with Gasteiger partial charge in [0.25, 0.3) is 0 Å². The Morgan fingerprint density at radius 3 is 1.68 bits per heavy atom. The molecule has 31 heavy (non-hydrogen) atoms. The van der Waals surface area contributed by atoms with Crippen LogP contribution < -0.4 is 16.0 Å². The van der Waals surface area contributed by atoms with Gasteiger partial charge in [-0.05, 0) is 17.5 Å². The number of carbonyl (C=O) groups is 2. The molecule has 168 valence electrons. The SMILES string of the molecule is O=C(CCc1ccccc1)NC(NC(=O)NCc1ccccc1)(C(F)(F)F)C(F)(F)F.